The Morgan fingerprint density at radius 1 is 1.55 bits per heavy atom. The highest BCUT2D eigenvalue weighted by atomic mass is 32.1. The average Bonchev–Trinajstić information content (AvgIpc) is 2.70. The zero-order valence-corrected chi connectivity index (χ0v) is 12.2. The Morgan fingerprint density at radius 2 is 2.30 bits per heavy atom. The van der Waals surface area contributed by atoms with Gasteiger partial charge in [0, 0.05) is 25.7 Å². The Hall–Kier alpha value is -1.73. The summed E-state index contributed by atoms with van der Waals surface area (Å²) in [6.45, 7) is 6.45. The van der Waals surface area contributed by atoms with E-state index in [-0.39, 0.29) is 10.6 Å². The Morgan fingerprint density at radius 3 is 2.85 bits per heavy atom. The molecule has 0 spiro atoms. The van der Waals surface area contributed by atoms with E-state index in [4.69, 9.17) is 0 Å². The zero-order valence-electron chi connectivity index (χ0n) is 11.4. The van der Waals surface area contributed by atoms with Crippen LogP contribution >= 0.6 is 11.3 Å². The molecule has 3 rings (SSSR count). The number of rotatable bonds is 4. The number of nitro benzene ring substituents is 1. The highest BCUT2D eigenvalue weighted by molar-refractivity contribution is 7.18. The van der Waals surface area contributed by atoms with E-state index in [2.05, 4.69) is 15.2 Å². The minimum atomic E-state index is -0.293. The summed E-state index contributed by atoms with van der Waals surface area (Å²) in [5, 5.41) is 15.5. The van der Waals surface area contributed by atoms with Crippen LogP contribution in [-0.4, -0.2) is 35.6 Å². The van der Waals surface area contributed by atoms with Gasteiger partial charge in [-0.15, -0.1) is 11.3 Å². The third-order valence-corrected chi connectivity index (χ3v) is 4.57. The molecule has 0 radical (unpaired) electrons. The first-order valence-corrected chi connectivity index (χ1v) is 7.44. The third-order valence-electron chi connectivity index (χ3n) is 3.64. The van der Waals surface area contributed by atoms with Crippen molar-refractivity contribution in [1.29, 1.82) is 0 Å². The molecule has 20 heavy (non-hydrogen) atoms. The predicted molar refractivity (Wildman–Crippen MR) is 80.7 cm³/mol. The van der Waals surface area contributed by atoms with Crippen LogP contribution in [-0.2, 0) is 0 Å². The number of likely N-dealkylation sites (N-methyl/N-ethyl adjacent to an activating group) is 1. The highest BCUT2D eigenvalue weighted by Gasteiger charge is 2.29. The van der Waals surface area contributed by atoms with Crippen LogP contribution in [0.15, 0.2) is 12.1 Å². The fraction of sp³-hybridized carbons (Fsp3) is 0.462. The molecule has 1 saturated heterocycles. The number of nitrogens with one attached hydrogen (secondary N) is 1. The molecule has 7 heteroatoms. The van der Waals surface area contributed by atoms with E-state index in [1.165, 1.54) is 11.3 Å². The Balaban J connectivity index is 2.14. The topological polar surface area (TPSA) is 71.3 Å². The molecule has 1 aliphatic heterocycles. The zero-order chi connectivity index (χ0) is 14.3. The van der Waals surface area contributed by atoms with Crippen LogP contribution in [0.5, 0.6) is 0 Å². The normalized spacial score (nSPS) is 15.3. The second-order valence-corrected chi connectivity index (χ2v) is 6.13. The first-order chi connectivity index (χ1) is 9.60. The van der Waals surface area contributed by atoms with Gasteiger partial charge in [0.1, 0.15) is 5.69 Å². The average molecular weight is 292 g/mol. The van der Waals surface area contributed by atoms with Crippen molar-refractivity contribution >= 4 is 32.9 Å². The molecule has 0 bridgehead atoms. The summed E-state index contributed by atoms with van der Waals surface area (Å²) in [5.41, 5.74) is 1.70. The van der Waals surface area contributed by atoms with Crippen molar-refractivity contribution in [2.75, 3.05) is 24.5 Å². The van der Waals surface area contributed by atoms with E-state index in [9.17, 15) is 10.1 Å². The SMILES string of the molecule is CCN(c1cc2nc(C)sc2cc1[N+](=O)[O-])C1CNC1. The van der Waals surface area contributed by atoms with E-state index >= 15 is 0 Å². The minimum absolute atomic E-state index is 0.176. The predicted octanol–water partition coefficient (Wildman–Crippen LogP) is 2.31. The van der Waals surface area contributed by atoms with Crippen molar-refractivity contribution < 1.29 is 4.92 Å². The molecule has 106 valence electrons. The number of nitrogens with zero attached hydrogens (tertiary/aromatic N) is 3. The number of aryl methyl sites for hydroxylation is 1. The number of hydrogen-bond acceptors (Lipinski definition) is 6. The van der Waals surface area contributed by atoms with E-state index in [0.717, 1.165) is 34.9 Å². The fourth-order valence-corrected chi connectivity index (χ4v) is 3.40. The van der Waals surface area contributed by atoms with Gasteiger partial charge in [0.05, 0.1) is 26.2 Å². The van der Waals surface area contributed by atoms with E-state index in [1.54, 1.807) is 6.07 Å². The van der Waals surface area contributed by atoms with Gasteiger partial charge in [-0.05, 0) is 19.9 Å². The third kappa shape index (κ3) is 2.12. The summed E-state index contributed by atoms with van der Waals surface area (Å²) < 4.78 is 0.876. The van der Waals surface area contributed by atoms with Gasteiger partial charge in [0.15, 0.2) is 0 Å². The molecule has 2 heterocycles. The second kappa shape index (κ2) is 4.99. The van der Waals surface area contributed by atoms with Gasteiger partial charge in [-0.3, -0.25) is 10.1 Å². The number of thiazole rings is 1. The summed E-state index contributed by atoms with van der Waals surface area (Å²) in [7, 11) is 0. The smallest absolute Gasteiger partial charge is 0.294 e. The Kier molecular flexibility index (Phi) is 3.31. The molecule has 1 N–H and O–H groups in total. The van der Waals surface area contributed by atoms with Crippen LogP contribution in [0.4, 0.5) is 11.4 Å². The first kappa shape index (κ1) is 13.3. The van der Waals surface area contributed by atoms with Crippen molar-refractivity contribution in [3.05, 3.63) is 27.3 Å². The summed E-state index contributed by atoms with van der Waals surface area (Å²) in [6, 6.07) is 3.85. The van der Waals surface area contributed by atoms with Gasteiger partial charge in [-0.1, -0.05) is 0 Å². The Labute approximate surface area is 120 Å². The van der Waals surface area contributed by atoms with E-state index in [1.807, 2.05) is 19.9 Å². The van der Waals surface area contributed by atoms with Gasteiger partial charge < -0.3 is 10.2 Å². The Bertz CT molecular complexity index is 666. The highest BCUT2D eigenvalue weighted by Crippen LogP contribution is 2.36. The number of benzene rings is 1. The lowest BCUT2D eigenvalue weighted by Gasteiger charge is -2.38. The quantitative estimate of drug-likeness (QED) is 0.691. The minimum Gasteiger partial charge on any atom is -0.361 e. The molecule has 6 nitrogen and oxygen atoms in total. The number of anilines is 1. The molecule has 2 aromatic rings. The van der Waals surface area contributed by atoms with E-state index in [0.29, 0.717) is 11.7 Å². The summed E-state index contributed by atoms with van der Waals surface area (Å²) in [4.78, 5) is 17.6. The number of hydrogen-bond donors (Lipinski definition) is 1. The molecule has 0 amide bonds. The maximum absolute atomic E-state index is 11.4. The van der Waals surface area contributed by atoms with E-state index < -0.39 is 0 Å². The molecular formula is C13H16N4O2S. The van der Waals surface area contributed by atoms with Crippen LogP contribution in [0.3, 0.4) is 0 Å². The molecule has 1 aromatic carbocycles. The van der Waals surface area contributed by atoms with Gasteiger partial charge in [-0.25, -0.2) is 4.98 Å². The summed E-state index contributed by atoms with van der Waals surface area (Å²) >= 11 is 1.49. The lowest BCUT2D eigenvalue weighted by atomic mass is 10.1. The molecule has 0 aliphatic carbocycles. The van der Waals surface area contributed by atoms with Gasteiger partial charge >= 0.3 is 0 Å². The van der Waals surface area contributed by atoms with Gasteiger partial charge in [0.2, 0.25) is 0 Å². The molecule has 1 aliphatic rings. The lowest BCUT2D eigenvalue weighted by Crippen LogP contribution is -2.57. The fourth-order valence-electron chi connectivity index (χ4n) is 2.56. The second-order valence-electron chi connectivity index (χ2n) is 4.90. The molecule has 1 aromatic heterocycles. The van der Waals surface area contributed by atoms with Crippen molar-refractivity contribution in [2.45, 2.75) is 19.9 Å². The maximum atomic E-state index is 11.4. The van der Waals surface area contributed by atoms with Crippen LogP contribution in [0.2, 0.25) is 0 Å². The summed E-state index contributed by atoms with van der Waals surface area (Å²) in [6.07, 6.45) is 0. The number of nitro groups is 1. The largest absolute Gasteiger partial charge is 0.361 e. The molecule has 0 unspecified atom stereocenters. The number of fused-ring (bicyclic) bond motifs is 1. The van der Waals surface area contributed by atoms with Gasteiger partial charge in [0.25, 0.3) is 5.69 Å². The van der Waals surface area contributed by atoms with Crippen LogP contribution in [0.1, 0.15) is 11.9 Å². The maximum Gasteiger partial charge on any atom is 0.294 e. The van der Waals surface area contributed by atoms with Crippen molar-refractivity contribution in [2.24, 2.45) is 0 Å². The van der Waals surface area contributed by atoms with Crippen molar-refractivity contribution in [1.82, 2.24) is 10.3 Å². The molecule has 1 fully saturated rings. The lowest BCUT2D eigenvalue weighted by molar-refractivity contribution is -0.384. The first-order valence-electron chi connectivity index (χ1n) is 6.63. The van der Waals surface area contributed by atoms with Crippen molar-refractivity contribution in [3.63, 3.8) is 0 Å². The summed E-state index contributed by atoms with van der Waals surface area (Å²) in [5.74, 6) is 0. The van der Waals surface area contributed by atoms with Crippen LogP contribution in [0, 0.1) is 17.0 Å². The van der Waals surface area contributed by atoms with Crippen LogP contribution < -0.4 is 10.2 Å². The standard InChI is InChI=1S/C13H16N4O2S/c1-3-16(9-6-14-7-9)11-4-10-13(20-8(2)15-10)5-12(11)17(18)19/h4-5,9,14H,3,6-7H2,1-2H3. The molecule has 0 saturated carbocycles. The van der Waals surface area contributed by atoms with Gasteiger partial charge in [-0.2, -0.15) is 0 Å². The number of aromatic nitrogens is 1. The van der Waals surface area contributed by atoms with Crippen LogP contribution in [0.25, 0.3) is 10.2 Å². The molecule has 0 atom stereocenters. The monoisotopic (exact) mass is 292 g/mol. The van der Waals surface area contributed by atoms with Crippen molar-refractivity contribution in [3.8, 4) is 0 Å². The molecular weight excluding hydrogens is 276 g/mol.